The number of carbonyl (C=O) groups excluding carboxylic acids is 2. The van der Waals surface area contributed by atoms with Gasteiger partial charge >= 0.3 is 0 Å². The molecule has 1 aliphatic heterocycles. The summed E-state index contributed by atoms with van der Waals surface area (Å²) in [4.78, 5) is 25.7. The lowest BCUT2D eigenvalue weighted by Crippen LogP contribution is -2.34. The number of hydrogen-bond donors (Lipinski definition) is 1. The maximum Gasteiger partial charge on any atom is 0.227 e. The highest BCUT2D eigenvalue weighted by atomic mass is 35.5. The molecule has 0 unspecified atom stereocenters. The number of halogens is 1. The van der Waals surface area contributed by atoms with E-state index in [-0.39, 0.29) is 24.2 Å². The Morgan fingerprint density at radius 1 is 1.40 bits per heavy atom. The summed E-state index contributed by atoms with van der Waals surface area (Å²) in [6.45, 7) is 5.16. The van der Waals surface area contributed by atoms with Gasteiger partial charge in [0, 0.05) is 30.2 Å². The summed E-state index contributed by atoms with van der Waals surface area (Å²) in [7, 11) is 0. The SMILES string of the molecule is CC(C)CNC(=O)[C@H]1CC(=O)N(c2ccc(Cl)cc2)C1. The average molecular weight is 295 g/mol. The molecule has 0 aliphatic carbocycles. The van der Waals surface area contributed by atoms with Crippen LogP contribution in [0.25, 0.3) is 0 Å². The van der Waals surface area contributed by atoms with Crippen LogP contribution in [-0.4, -0.2) is 24.9 Å². The van der Waals surface area contributed by atoms with Gasteiger partial charge in [0.05, 0.1) is 5.92 Å². The van der Waals surface area contributed by atoms with Gasteiger partial charge < -0.3 is 10.2 Å². The van der Waals surface area contributed by atoms with Crippen molar-refractivity contribution in [1.82, 2.24) is 5.32 Å². The van der Waals surface area contributed by atoms with E-state index in [1.165, 1.54) is 0 Å². The van der Waals surface area contributed by atoms with Crippen molar-refractivity contribution in [3.8, 4) is 0 Å². The summed E-state index contributed by atoms with van der Waals surface area (Å²) in [6.07, 6.45) is 0.270. The zero-order chi connectivity index (χ0) is 14.7. The van der Waals surface area contributed by atoms with Gasteiger partial charge in [0.2, 0.25) is 11.8 Å². The molecule has 5 heteroatoms. The Labute approximate surface area is 124 Å². The average Bonchev–Trinajstić information content (AvgIpc) is 2.79. The number of amides is 2. The minimum atomic E-state index is -0.267. The number of carbonyl (C=O) groups is 2. The molecule has 108 valence electrons. The molecule has 2 rings (SSSR count). The van der Waals surface area contributed by atoms with Crippen molar-refractivity contribution in [2.75, 3.05) is 18.0 Å². The molecule has 1 N–H and O–H groups in total. The molecule has 20 heavy (non-hydrogen) atoms. The Hall–Kier alpha value is -1.55. The predicted octanol–water partition coefficient (Wildman–Crippen LogP) is 2.47. The maximum atomic E-state index is 12.0. The number of rotatable bonds is 4. The summed E-state index contributed by atoms with van der Waals surface area (Å²) in [5, 5.41) is 3.52. The lowest BCUT2D eigenvalue weighted by atomic mass is 10.1. The molecule has 0 saturated carbocycles. The molecule has 1 aliphatic rings. The van der Waals surface area contributed by atoms with Gasteiger partial charge in [-0.25, -0.2) is 0 Å². The minimum absolute atomic E-state index is 0.0166. The zero-order valence-corrected chi connectivity index (χ0v) is 12.5. The maximum absolute atomic E-state index is 12.0. The number of anilines is 1. The number of hydrogen-bond acceptors (Lipinski definition) is 2. The van der Waals surface area contributed by atoms with Crippen molar-refractivity contribution in [3.63, 3.8) is 0 Å². The van der Waals surface area contributed by atoms with E-state index in [1.807, 2.05) is 13.8 Å². The largest absolute Gasteiger partial charge is 0.356 e. The summed E-state index contributed by atoms with van der Waals surface area (Å²) >= 11 is 5.84. The van der Waals surface area contributed by atoms with Crippen molar-refractivity contribution in [3.05, 3.63) is 29.3 Å². The number of nitrogens with one attached hydrogen (secondary N) is 1. The Morgan fingerprint density at radius 3 is 2.65 bits per heavy atom. The molecule has 0 aromatic heterocycles. The molecule has 1 aromatic rings. The summed E-state index contributed by atoms with van der Waals surface area (Å²) in [5.41, 5.74) is 0.790. The second-order valence-electron chi connectivity index (χ2n) is 5.52. The van der Waals surface area contributed by atoms with Crippen LogP contribution in [0.3, 0.4) is 0 Å². The van der Waals surface area contributed by atoms with Crippen LogP contribution in [0.4, 0.5) is 5.69 Å². The zero-order valence-electron chi connectivity index (χ0n) is 11.7. The summed E-state index contributed by atoms with van der Waals surface area (Å²) in [6, 6.07) is 7.09. The quantitative estimate of drug-likeness (QED) is 0.927. The van der Waals surface area contributed by atoms with Crippen LogP contribution in [0, 0.1) is 11.8 Å². The molecule has 0 radical (unpaired) electrons. The second-order valence-corrected chi connectivity index (χ2v) is 5.96. The molecule has 1 saturated heterocycles. The Balaban J connectivity index is 2.00. The van der Waals surface area contributed by atoms with Gasteiger partial charge in [-0.05, 0) is 30.2 Å². The van der Waals surface area contributed by atoms with Crippen molar-refractivity contribution < 1.29 is 9.59 Å². The highest BCUT2D eigenvalue weighted by Gasteiger charge is 2.34. The first-order chi connectivity index (χ1) is 9.47. The monoisotopic (exact) mass is 294 g/mol. The van der Waals surface area contributed by atoms with E-state index >= 15 is 0 Å². The predicted molar refractivity (Wildman–Crippen MR) is 79.8 cm³/mol. The first-order valence-electron chi connectivity index (χ1n) is 6.81. The van der Waals surface area contributed by atoms with Crippen LogP contribution < -0.4 is 10.2 Å². The lowest BCUT2D eigenvalue weighted by molar-refractivity contribution is -0.126. The van der Waals surface area contributed by atoms with Crippen LogP contribution in [-0.2, 0) is 9.59 Å². The van der Waals surface area contributed by atoms with Gasteiger partial charge in [-0.2, -0.15) is 0 Å². The van der Waals surface area contributed by atoms with Crippen LogP contribution in [0.1, 0.15) is 20.3 Å². The molecular formula is C15H19ClN2O2. The molecule has 1 heterocycles. The van der Waals surface area contributed by atoms with Crippen LogP contribution in [0.2, 0.25) is 5.02 Å². The van der Waals surface area contributed by atoms with E-state index < -0.39 is 0 Å². The molecule has 1 atom stereocenters. The van der Waals surface area contributed by atoms with E-state index in [2.05, 4.69) is 5.32 Å². The Kier molecular flexibility index (Phi) is 4.65. The van der Waals surface area contributed by atoms with Gasteiger partial charge in [0.1, 0.15) is 0 Å². The highest BCUT2D eigenvalue weighted by molar-refractivity contribution is 6.30. The summed E-state index contributed by atoms with van der Waals surface area (Å²) < 4.78 is 0. The molecule has 0 spiro atoms. The first-order valence-corrected chi connectivity index (χ1v) is 7.19. The van der Waals surface area contributed by atoms with Crippen LogP contribution in [0.5, 0.6) is 0 Å². The fourth-order valence-corrected chi connectivity index (χ4v) is 2.33. The van der Waals surface area contributed by atoms with Crippen molar-refractivity contribution in [2.24, 2.45) is 11.8 Å². The van der Waals surface area contributed by atoms with Crippen molar-refractivity contribution in [1.29, 1.82) is 0 Å². The Morgan fingerprint density at radius 2 is 2.05 bits per heavy atom. The van der Waals surface area contributed by atoms with E-state index in [4.69, 9.17) is 11.6 Å². The fourth-order valence-electron chi connectivity index (χ4n) is 2.20. The molecule has 4 nitrogen and oxygen atoms in total. The van der Waals surface area contributed by atoms with E-state index in [1.54, 1.807) is 29.2 Å². The third kappa shape index (κ3) is 3.51. The molecule has 0 bridgehead atoms. The standard InChI is InChI=1S/C15H19ClN2O2/c1-10(2)8-17-15(20)11-7-14(19)18(9-11)13-5-3-12(16)4-6-13/h3-6,10-11H,7-9H2,1-2H3,(H,17,20)/t11-/m0/s1. The second kappa shape index (κ2) is 6.27. The number of benzene rings is 1. The molecule has 1 aromatic carbocycles. The van der Waals surface area contributed by atoms with Gasteiger partial charge in [0.25, 0.3) is 0 Å². The van der Waals surface area contributed by atoms with Crippen molar-refractivity contribution >= 4 is 29.1 Å². The van der Waals surface area contributed by atoms with Gasteiger partial charge in [-0.1, -0.05) is 25.4 Å². The fraction of sp³-hybridized carbons (Fsp3) is 0.467. The first kappa shape index (κ1) is 14.9. The third-order valence-electron chi connectivity index (χ3n) is 3.32. The molecule has 2 amide bonds. The van der Waals surface area contributed by atoms with E-state index in [9.17, 15) is 9.59 Å². The number of nitrogens with zero attached hydrogens (tertiary/aromatic N) is 1. The Bertz CT molecular complexity index is 499. The van der Waals surface area contributed by atoms with Gasteiger partial charge in [-0.15, -0.1) is 0 Å². The van der Waals surface area contributed by atoms with Crippen LogP contribution >= 0.6 is 11.6 Å². The summed E-state index contributed by atoms with van der Waals surface area (Å²) in [5.74, 6) is 0.0842. The smallest absolute Gasteiger partial charge is 0.227 e. The van der Waals surface area contributed by atoms with Gasteiger partial charge in [-0.3, -0.25) is 9.59 Å². The van der Waals surface area contributed by atoms with Crippen LogP contribution in [0.15, 0.2) is 24.3 Å². The van der Waals surface area contributed by atoms with Gasteiger partial charge in [0.15, 0.2) is 0 Å². The van der Waals surface area contributed by atoms with E-state index in [0.29, 0.717) is 24.0 Å². The molecule has 1 fully saturated rings. The normalized spacial score (nSPS) is 18.7. The third-order valence-corrected chi connectivity index (χ3v) is 3.57. The van der Waals surface area contributed by atoms with Crippen molar-refractivity contribution in [2.45, 2.75) is 20.3 Å². The topological polar surface area (TPSA) is 49.4 Å². The van der Waals surface area contributed by atoms with E-state index in [0.717, 1.165) is 5.69 Å². The minimum Gasteiger partial charge on any atom is -0.356 e. The highest BCUT2D eigenvalue weighted by Crippen LogP contribution is 2.26. The lowest BCUT2D eigenvalue weighted by Gasteiger charge is -2.17. The molecular weight excluding hydrogens is 276 g/mol.